The van der Waals surface area contributed by atoms with E-state index in [1.165, 1.54) is 19.0 Å². The summed E-state index contributed by atoms with van der Waals surface area (Å²) in [6.07, 6.45) is 5.07. The van der Waals surface area contributed by atoms with E-state index >= 15 is 0 Å². The molecular formula is C15H24FN3. The first-order chi connectivity index (χ1) is 9.24. The molecule has 1 aromatic rings. The van der Waals surface area contributed by atoms with Crippen LogP contribution in [0.15, 0.2) is 12.3 Å². The largest absolute Gasteiger partial charge is 0.356 e. The predicted octanol–water partition coefficient (Wildman–Crippen LogP) is 2.96. The lowest BCUT2D eigenvalue weighted by atomic mass is 10.2. The van der Waals surface area contributed by atoms with Crippen LogP contribution in [0.2, 0.25) is 0 Å². The summed E-state index contributed by atoms with van der Waals surface area (Å²) in [5.41, 5.74) is 0.968. The molecule has 0 bridgehead atoms. The maximum absolute atomic E-state index is 13.4. The molecule has 1 N–H and O–H groups in total. The van der Waals surface area contributed by atoms with Crippen LogP contribution < -0.4 is 10.2 Å². The molecule has 0 saturated heterocycles. The highest BCUT2D eigenvalue weighted by Crippen LogP contribution is 2.32. The third-order valence-corrected chi connectivity index (χ3v) is 3.44. The summed E-state index contributed by atoms with van der Waals surface area (Å²) >= 11 is 0. The number of rotatable bonds is 8. The number of nitrogens with zero attached hydrogens (tertiary/aromatic N) is 2. The number of hydrogen-bond acceptors (Lipinski definition) is 3. The Morgan fingerprint density at radius 1 is 1.42 bits per heavy atom. The van der Waals surface area contributed by atoms with E-state index in [0.717, 1.165) is 43.4 Å². The highest BCUT2D eigenvalue weighted by atomic mass is 19.1. The molecule has 1 aromatic heterocycles. The number of nitrogens with one attached hydrogen (secondary N) is 1. The van der Waals surface area contributed by atoms with E-state index in [1.807, 2.05) is 0 Å². The van der Waals surface area contributed by atoms with Gasteiger partial charge in [-0.3, -0.25) is 0 Å². The molecule has 0 aliphatic heterocycles. The van der Waals surface area contributed by atoms with E-state index in [1.54, 1.807) is 6.07 Å². The smallest absolute Gasteiger partial charge is 0.141 e. The molecule has 4 heteroatoms. The summed E-state index contributed by atoms with van der Waals surface area (Å²) in [7, 11) is 0. The van der Waals surface area contributed by atoms with Crippen LogP contribution in [0.3, 0.4) is 0 Å². The van der Waals surface area contributed by atoms with E-state index < -0.39 is 0 Å². The lowest BCUT2D eigenvalue weighted by molar-refractivity contribution is 0.609. The Labute approximate surface area is 115 Å². The number of aromatic nitrogens is 1. The first-order valence-corrected chi connectivity index (χ1v) is 7.34. The molecule has 0 atom stereocenters. The van der Waals surface area contributed by atoms with Crippen LogP contribution in [-0.2, 0) is 6.54 Å². The van der Waals surface area contributed by atoms with Gasteiger partial charge in [0.15, 0.2) is 0 Å². The van der Waals surface area contributed by atoms with Gasteiger partial charge in [-0.25, -0.2) is 9.37 Å². The minimum Gasteiger partial charge on any atom is -0.356 e. The minimum atomic E-state index is -0.250. The van der Waals surface area contributed by atoms with Gasteiger partial charge in [0, 0.05) is 25.2 Å². The molecule has 0 aromatic carbocycles. The van der Waals surface area contributed by atoms with Crippen molar-refractivity contribution in [3.8, 4) is 0 Å². The summed E-state index contributed by atoms with van der Waals surface area (Å²) in [5.74, 6) is 1.51. The molecule has 0 amide bonds. The molecule has 3 nitrogen and oxygen atoms in total. The summed E-state index contributed by atoms with van der Waals surface area (Å²) in [5, 5.41) is 3.26. The van der Waals surface area contributed by atoms with Crippen molar-refractivity contribution in [3.63, 3.8) is 0 Å². The van der Waals surface area contributed by atoms with Crippen LogP contribution in [0.5, 0.6) is 0 Å². The van der Waals surface area contributed by atoms with Gasteiger partial charge in [-0.2, -0.15) is 0 Å². The zero-order chi connectivity index (χ0) is 13.7. The Balaban J connectivity index is 2.17. The van der Waals surface area contributed by atoms with Gasteiger partial charge in [-0.05, 0) is 37.8 Å². The molecule has 1 fully saturated rings. The standard InChI is InChI=1S/C15H24FN3/c1-3-7-19(11-12-5-6-12)15-13(9-17-4-2)8-14(16)10-18-15/h8,10,12,17H,3-7,9,11H2,1-2H3. The van der Waals surface area contributed by atoms with Crippen molar-refractivity contribution in [3.05, 3.63) is 23.6 Å². The SMILES string of the molecule is CCCN(CC1CC1)c1ncc(F)cc1CNCC. The fraction of sp³-hybridized carbons (Fsp3) is 0.667. The molecule has 0 spiro atoms. The summed E-state index contributed by atoms with van der Waals surface area (Å²) in [4.78, 5) is 6.67. The first kappa shape index (κ1) is 14.3. The molecule has 2 rings (SSSR count). The molecule has 19 heavy (non-hydrogen) atoms. The molecule has 0 radical (unpaired) electrons. The van der Waals surface area contributed by atoms with Crippen molar-refractivity contribution in [1.29, 1.82) is 0 Å². The highest BCUT2D eigenvalue weighted by Gasteiger charge is 2.25. The molecule has 106 valence electrons. The van der Waals surface area contributed by atoms with Crippen molar-refractivity contribution in [2.75, 3.05) is 24.5 Å². The van der Waals surface area contributed by atoms with Crippen molar-refractivity contribution in [2.45, 2.75) is 39.7 Å². The number of pyridine rings is 1. The van der Waals surface area contributed by atoms with Gasteiger partial charge in [-0.15, -0.1) is 0 Å². The predicted molar refractivity (Wildman–Crippen MR) is 76.8 cm³/mol. The first-order valence-electron chi connectivity index (χ1n) is 7.34. The maximum atomic E-state index is 13.4. The fourth-order valence-corrected chi connectivity index (χ4v) is 2.31. The number of halogens is 1. The van der Waals surface area contributed by atoms with Crippen molar-refractivity contribution in [1.82, 2.24) is 10.3 Å². The zero-order valence-electron chi connectivity index (χ0n) is 12.0. The average molecular weight is 265 g/mol. The van der Waals surface area contributed by atoms with Crippen LogP contribution in [0.4, 0.5) is 10.2 Å². The van der Waals surface area contributed by atoms with E-state index in [2.05, 4.69) is 29.0 Å². The highest BCUT2D eigenvalue weighted by molar-refractivity contribution is 5.47. The van der Waals surface area contributed by atoms with E-state index in [9.17, 15) is 4.39 Å². The minimum absolute atomic E-state index is 0.250. The second-order valence-corrected chi connectivity index (χ2v) is 5.31. The third-order valence-electron chi connectivity index (χ3n) is 3.44. The van der Waals surface area contributed by atoms with E-state index in [-0.39, 0.29) is 5.82 Å². The number of anilines is 1. The Hall–Kier alpha value is -1.16. The van der Waals surface area contributed by atoms with Crippen molar-refractivity contribution < 1.29 is 4.39 Å². The van der Waals surface area contributed by atoms with Crippen LogP contribution in [0.25, 0.3) is 0 Å². The Morgan fingerprint density at radius 3 is 2.84 bits per heavy atom. The van der Waals surface area contributed by atoms with Crippen molar-refractivity contribution in [2.24, 2.45) is 5.92 Å². The number of hydrogen-bond donors (Lipinski definition) is 1. The summed E-state index contributed by atoms with van der Waals surface area (Å²) < 4.78 is 13.4. The second kappa shape index (κ2) is 6.85. The lowest BCUT2D eigenvalue weighted by Crippen LogP contribution is -2.29. The van der Waals surface area contributed by atoms with E-state index in [0.29, 0.717) is 6.54 Å². The molecule has 1 saturated carbocycles. The van der Waals surface area contributed by atoms with Gasteiger partial charge in [0.2, 0.25) is 0 Å². The normalized spacial score (nSPS) is 14.7. The average Bonchev–Trinajstić information content (AvgIpc) is 3.20. The Bertz CT molecular complexity index is 404. The third kappa shape index (κ3) is 4.16. The van der Waals surface area contributed by atoms with Crippen LogP contribution in [0.1, 0.15) is 38.7 Å². The monoisotopic (exact) mass is 265 g/mol. The van der Waals surface area contributed by atoms with Gasteiger partial charge in [0.05, 0.1) is 6.20 Å². The summed E-state index contributed by atoms with van der Waals surface area (Å²) in [6.45, 7) is 7.85. The maximum Gasteiger partial charge on any atom is 0.141 e. The topological polar surface area (TPSA) is 28.2 Å². The van der Waals surface area contributed by atoms with E-state index in [4.69, 9.17) is 0 Å². The zero-order valence-corrected chi connectivity index (χ0v) is 12.0. The van der Waals surface area contributed by atoms with Gasteiger partial charge >= 0.3 is 0 Å². The van der Waals surface area contributed by atoms with Gasteiger partial charge in [0.25, 0.3) is 0 Å². The molecule has 1 aliphatic carbocycles. The molecular weight excluding hydrogens is 241 g/mol. The fourth-order valence-electron chi connectivity index (χ4n) is 2.31. The Kier molecular flexibility index (Phi) is 5.14. The molecule has 1 aliphatic rings. The van der Waals surface area contributed by atoms with Gasteiger partial charge < -0.3 is 10.2 Å². The van der Waals surface area contributed by atoms with Crippen molar-refractivity contribution >= 4 is 5.82 Å². The van der Waals surface area contributed by atoms with Crippen LogP contribution in [0, 0.1) is 11.7 Å². The molecule has 0 unspecified atom stereocenters. The molecule has 1 heterocycles. The van der Waals surface area contributed by atoms with Gasteiger partial charge in [0.1, 0.15) is 11.6 Å². The van der Waals surface area contributed by atoms with Gasteiger partial charge in [-0.1, -0.05) is 13.8 Å². The van der Waals surface area contributed by atoms with Crippen LogP contribution >= 0.6 is 0 Å². The quantitative estimate of drug-likeness (QED) is 0.783. The Morgan fingerprint density at radius 2 is 2.21 bits per heavy atom. The second-order valence-electron chi connectivity index (χ2n) is 5.31. The van der Waals surface area contributed by atoms with Crippen LogP contribution in [-0.4, -0.2) is 24.6 Å². The summed E-state index contributed by atoms with van der Waals surface area (Å²) in [6, 6.07) is 1.61. The lowest BCUT2D eigenvalue weighted by Gasteiger charge is -2.25.